The maximum Gasteiger partial charge on any atom is 0.471 e. The van der Waals surface area contributed by atoms with Crippen molar-refractivity contribution in [1.29, 1.82) is 0 Å². The second-order valence-electron chi connectivity index (χ2n) is 10.0. The van der Waals surface area contributed by atoms with Crippen LogP contribution >= 0.6 is 0 Å². The number of hydrogen-bond donors (Lipinski definition) is 3. The summed E-state index contributed by atoms with van der Waals surface area (Å²) in [6, 6.07) is 4.86. The number of anilines is 2. The third-order valence-corrected chi connectivity index (χ3v) is 6.01. The molecule has 0 aliphatic carbocycles. The molecule has 0 bridgehead atoms. The van der Waals surface area contributed by atoms with E-state index in [1.54, 1.807) is 27.7 Å². The van der Waals surface area contributed by atoms with Crippen molar-refractivity contribution in [2.75, 3.05) is 16.8 Å². The number of aromatic amines is 1. The second kappa shape index (κ2) is 13.3. The number of H-pyrrole nitrogens is 1. The first-order valence-corrected chi connectivity index (χ1v) is 13.0. The van der Waals surface area contributed by atoms with E-state index >= 15 is 0 Å². The second-order valence-corrected chi connectivity index (χ2v) is 10.0. The van der Waals surface area contributed by atoms with Gasteiger partial charge in [-0.3, -0.25) is 39.2 Å². The number of rotatable bonds is 11. The molecule has 0 saturated heterocycles. The number of nitrogens with one attached hydrogen (secondary N) is 3. The number of halogens is 3. The van der Waals surface area contributed by atoms with Gasteiger partial charge in [0.2, 0.25) is 11.9 Å². The number of alkyl halides is 3. The molecule has 0 aliphatic rings. The molecule has 0 fully saturated rings. The summed E-state index contributed by atoms with van der Waals surface area (Å²) in [5.74, 6) is -3.71. The van der Waals surface area contributed by atoms with Crippen LogP contribution in [0.5, 0.6) is 0 Å². The fourth-order valence-electron chi connectivity index (χ4n) is 3.59. The normalized spacial score (nSPS) is 11.5. The Kier molecular flexibility index (Phi) is 10.1. The number of nitrogens with zero attached hydrogens (tertiary/aromatic N) is 4. The van der Waals surface area contributed by atoms with Crippen molar-refractivity contribution in [3.8, 4) is 0 Å². The fourth-order valence-corrected chi connectivity index (χ4v) is 3.59. The number of ketones is 1. The third kappa shape index (κ3) is 8.17. The highest BCUT2D eigenvalue weighted by Crippen LogP contribution is 2.26. The monoisotopic (exact) mass is 589 g/mol. The molecule has 224 valence electrons. The Balaban J connectivity index is 1.80. The Morgan fingerprint density at radius 2 is 1.67 bits per heavy atom. The van der Waals surface area contributed by atoms with Gasteiger partial charge in [-0.2, -0.15) is 18.2 Å². The lowest BCUT2D eigenvalue weighted by Gasteiger charge is -2.23. The molecule has 15 heteroatoms. The zero-order valence-electron chi connectivity index (χ0n) is 23.3. The van der Waals surface area contributed by atoms with Crippen molar-refractivity contribution in [3.63, 3.8) is 0 Å². The Morgan fingerprint density at radius 1 is 1.00 bits per heavy atom. The molecule has 3 amide bonds. The first-order chi connectivity index (χ1) is 19.7. The van der Waals surface area contributed by atoms with Gasteiger partial charge < -0.3 is 5.32 Å². The molecule has 2 heterocycles. The van der Waals surface area contributed by atoms with Crippen LogP contribution in [0.3, 0.4) is 0 Å². The molecule has 0 saturated carbocycles. The van der Waals surface area contributed by atoms with Crippen molar-refractivity contribution in [1.82, 2.24) is 25.3 Å². The summed E-state index contributed by atoms with van der Waals surface area (Å²) in [7, 11) is 0. The van der Waals surface area contributed by atoms with Gasteiger partial charge in [0.1, 0.15) is 5.78 Å². The van der Waals surface area contributed by atoms with Crippen LogP contribution in [0.15, 0.2) is 35.3 Å². The number of fused-ring (bicyclic) bond motifs is 1. The van der Waals surface area contributed by atoms with Crippen molar-refractivity contribution in [3.05, 3.63) is 52.1 Å². The fraction of sp³-hybridized carbons (Fsp3) is 0.407. The predicted octanol–water partition coefficient (Wildman–Crippen LogP) is 3.14. The van der Waals surface area contributed by atoms with Gasteiger partial charge in [0, 0.05) is 36.1 Å². The van der Waals surface area contributed by atoms with Gasteiger partial charge in [-0.15, -0.1) is 0 Å². The van der Waals surface area contributed by atoms with E-state index in [-0.39, 0.29) is 52.3 Å². The number of benzene rings is 1. The summed E-state index contributed by atoms with van der Waals surface area (Å²) in [6.45, 7) is 6.36. The molecule has 12 nitrogen and oxygen atoms in total. The van der Waals surface area contributed by atoms with Crippen LogP contribution in [-0.4, -0.2) is 56.2 Å². The van der Waals surface area contributed by atoms with Crippen molar-refractivity contribution < 1.29 is 32.3 Å². The van der Waals surface area contributed by atoms with Crippen LogP contribution in [0, 0.1) is 11.8 Å². The summed E-state index contributed by atoms with van der Waals surface area (Å²) in [5.41, 5.74) is -1.47. The van der Waals surface area contributed by atoms with Crippen LogP contribution in [-0.2, 0) is 20.9 Å². The summed E-state index contributed by atoms with van der Waals surface area (Å²) in [6.07, 6.45) is -3.43. The number of carbonyl (C=O) groups excluding carboxylic acids is 4. The van der Waals surface area contributed by atoms with Crippen LogP contribution in [0.1, 0.15) is 56.6 Å². The third-order valence-electron chi connectivity index (χ3n) is 6.01. The Labute approximate surface area is 238 Å². The van der Waals surface area contributed by atoms with Crippen LogP contribution < -0.4 is 21.1 Å². The summed E-state index contributed by atoms with van der Waals surface area (Å²) in [4.78, 5) is 75.6. The topological polar surface area (TPSA) is 167 Å². The van der Waals surface area contributed by atoms with Gasteiger partial charge >= 0.3 is 12.1 Å². The predicted molar refractivity (Wildman–Crippen MR) is 147 cm³/mol. The minimum Gasteiger partial charge on any atom is -0.352 e. The summed E-state index contributed by atoms with van der Waals surface area (Å²) in [5, 5.41) is 5.06. The Morgan fingerprint density at radius 3 is 2.26 bits per heavy atom. The smallest absolute Gasteiger partial charge is 0.352 e. The molecule has 3 rings (SSSR count). The zero-order valence-corrected chi connectivity index (χ0v) is 23.3. The van der Waals surface area contributed by atoms with E-state index < -0.39 is 41.9 Å². The highest BCUT2D eigenvalue weighted by molar-refractivity contribution is 5.98. The minimum absolute atomic E-state index is 0.0693. The molecule has 0 spiro atoms. The lowest BCUT2D eigenvalue weighted by molar-refractivity contribution is -0.170. The van der Waals surface area contributed by atoms with Gasteiger partial charge in [0.15, 0.2) is 11.2 Å². The summed E-state index contributed by atoms with van der Waals surface area (Å²) < 4.78 is 40.4. The van der Waals surface area contributed by atoms with E-state index in [1.165, 1.54) is 24.3 Å². The van der Waals surface area contributed by atoms with Gasteiger partial charge in [-0.1, -0.05) is 27.7 Å². The summed E-state index contributed by atoms with van der Waals surface area (Å²) >= 11 is 0. The number of aromatic nitrogens is 4. The molecular formula is C27H30F3N7O5. The molecule has 42 heavy (non-hydrogen) atoms. The standard InChI is InChI=1S/C27H30F3N7O5/c1-14(2)19(38)6-5-11-31-23(40)16-7-9-18(10-8-16)37(25(42)27(28,29)30)13-17-12-32-21-20(33-17)24(41)36-26(34-21)35-22(39)15(3)4/h7-10,12,14-15H,5-6,11,13H2,1-4H3,(H,31,40)(H2,32,34,35,36,39,41). The lowest BCUT2D eigenvalue weighted by atomic mass is 10.0. The number of carbonyl (C=O) groups is 4. The van der Waals surface area contributed by atoms with Crippen LogP contribution in [0.2, 0.25) is 0 Å². The van der Waals surface area contributed by atoms with E-state index in [9.17, 15) is 37.1 Å². The van der Waals surface area contributed by atoms with E-state index in [0.29, 0.717) is 17.7 Å². The SMILES string of the molecule is CC(C)C(=O)CCCNC(=O)c1ccc(N(Cc2cnc3nc(NC(=O)C(C)C)[nH]c(=O)c3n2)C(=O)C(F)(F)F)cc1. The molecule has 2 aromatic heterocycles. The quantitative estimate of drug-likeness (QED) is 0.287. The average Bonchev–Trinajstić information content (AvgIpc) is 2.93. The van der Waals surface area contributed by atoms with Gasteiger partial charge in [-0.25, -0.2) is 9.97 Å². The average molecular weight is 590 g/mol. The minimum atomic E-state index is -5.24. The molecule has 1 aromatic carbocycles. The number of amides is 3. The first kappa shape index (κ1) is 31.8. The van der Waals surface area contributed by atoms with Crippen LogP contribution in [0.25, 0.3) is 11.2 Å². The Bertz CT molecular complexity index is 1540. The highest BCUT2D eigenvalue weighted by Gasteiger charge is 2.43. The molecule has 3 aromatic rings. The van der Waals surface area contributed by atoms with Gasteiger partial charge in [0.05, 0.1) is 18.4 Å². The molecule has 0 aliphatic heterocycles. The maximum atomic E-state index is 13.5. The van der Waals surface area contributed by atoms with Gasteiger partial charge in [-0.05, 0) is 30.7 Å². The van der Waals surface area contributed by atoms with Crippen molar-refractivity contribution in [2.24, 2.45) is 11.8 Å². The number of Topliss-reactive ketones (excluding diaryl/α,β-unsaturated/α-hetero) is 1. The maximum absolute atomic E-state index is 13.5. The van der Waals surface area contributed by atoms with Crippen molar-refractivity contribution >= 4 is 46.3 Å². The Hall–Kier alpha value is -4.69. The van der Waals surface area contributed by atoms with E-state index in [2.05, 4.69) is 30.6 Å². The van der Waals surface area contributed by atoms with Gasteiger partial charge in [0.25, 0.3) is 11.5 Å². The molecule has 0 radical (unpaired) electrons. The zero-order chi connectivity index (χ0) is 31.2. The largest absolute Gasteiger partial charge is 0.471 e. The molecule has 0 atom stereocenters. The van der Waals surface area contributed by atoms with Crippen LogP contribution in [0.4, 0.5) is 24.8 Å². The van der Waals surface area contributed by atoms with E-state index in [1.807, 2.05) is 0 Å². The highest BCUT2D eigenvalue weighted by atomic mass is 19.4. The molecular weight excluding hydrogens is 559 g/mol. The van der Waals surface area contributed by atoms with E-state index in [0.717, 1.165) is 6.20 Å². The first-order valence-electron chi connectivity index (χ1n) is 13.0. The van der Waals surface area contributed by atoms with E-state index in [4.69, 9.17) is 0 Å². The number of hydrogen-bond acceptors (Lipinski definition) is 8. The van der Waals surface area contributed by atoms with Crippen molar-refractivity contribution in [2.45, 2.75) is 53.3 Å². The lowest BCUT2D eigenvalue weighted by Crippen LogP contribution is -2.41. The molecule has 0 unspecified atom stereocenters. The molecule has 3 N–H and O–H groups in total.